The van der Waals surface area contributed by atoms with Gasteiger partial charge in [0.15, 0.2) is 0 Å². The smallest absolute Gasteiger partial charge is 0.233 e. The first kappa shape index (κ1) is 18.3. The molecule has 0 bridgehead atoms. The number of aliphatic hydroxyl groups is 2. The highest BCUT2D eigenvalue weighted by atomic mass is 32.2. The predicted octanol–water partition coefficient (Wildman–Crippen LogP) is 2.42. The lowest BCUT2D eigenvalue weighted by atomic mass is 9.87. The quantitative estimate of drug-likeness (QED) is 0.829. The summed E-state index contributed by atoms with van der Waals surface area (Å²) < 4.78 is 0. The maximum atomic E-state index is 12.3. The molecule has 1 heterocycles. The Morgan fingerprint density at radius 1 is 1.30 bits per heavy atom. The normalized spacial score (nSPS) is 22.2. The van der Waals surface area contributed by atoms with Crippen molar-refractivity contribution in [1.82, 2.24) is 4.90 Å². The monoisotopic (exact) mass is 337 g/mol. The number of hydrogen-bond donors (Lipinski definition) is 2. The number of carbonyl (C=O) groups is 1. The van der Waals surface area contributed by atoms with Crippen LogP contribution in [0.5, 0.6) is 0 Å². The van der Waals surface area contributed by atoms with Crippen LogP contribution in [-0.2, 0) is 10.2 Å². The van der Waals surface area contributed by atoms with Gasteiger partial charge in [0.05, 0.1) is 18.9 Å². The highest BCUT2D eigenvalue weighted by molar-refractivity contribution is 8.00. The van der Waals surface area contributed by atoms with Crippen molar-refractivity contribution in [1.29, 1.82) is 0 Å². The Kier molecular flexibility index (Phi) is 5.76. The number of likely N-dealkylation sites (tertiary alicyclic amines) is 1. The molecule has 1 atom stereocenters. The first-order valence-corrected chi connectivity index (χ1v) is 9.06. The van der Waals surface area contributed by atoms with Gasteiger partial charge in [-0.2, -0.15) is 0 Å². The van der Waals surface area contributed by atoms with Gasteiger partial charge in [0, 0.05) is 11.4 Å². The molecule has 1 unspecified atom stereocenters. The van der Waals surface area contributed by atoms with Gasteiger partial charge in [-0.1, -0.05) is 32.9 Å². The summed E-state index contributed by atoms with van der Waals surface area (Å²) in [4.78, 5) is 15.0. The van der Waals surface area contributed by atoms with Gasteiger partial charge in [-0.05, 0) is 36.0 Å². The summed E-state index contributed by atoms with van der Waals surface area (Å²) in [5.41, 5.74) is 0.270. The average Bonchev–Trinajstić information content (AvgIpc) is 2.52. The Labute approximate surface area is 142 Å². The molecule has 0 aromatic heterocycles. The molecule has 1 aliphatic heterocycles. The van der Waals surface area contributed by atoms with Gasteiger partial charge >= 0.3 is 0 Å². The van der Waals surface area contributed by atoms with E-state index in [4.69, 9.17) is 0 Å². The number of piperidine rings is 1. The number of β-amino-alcohol motifs (C(OH)–C–C–N with tert-alkyl or cyclic N) is 1. The van der Waals surface area contributed by atoms with E-state index in [0.717, 1.165) is 11.3 Å². The number of carbonyl (C=O) groups excluding carboxylic acids is 1. The van der Waals surface area contributed by atoms with Crippen LogP contribution in [-0.4, -0.2) is 52.1 Å². The van der Waals surface area contributed by atoms with Crippen LogP contribution in [0.3, 0.4) is 0 Å². The molecule has 23 heavy (non-hydrogen) atoms. The Bertz CT molecular complexity index is 538. The molecule has 0 spiro atoms. The maximum absolute atomic E-state index is 12.3. The van der Waals surface area contributed by atoms with Crippen molar-refractivity contribution in [3.8, 4) is 0 Å². The van der Waals surface area contributed by atoms with Gasteiger partial charge in [-0.15, -0.1) is 11.8 Å². The van der Waals surface area contributed by atoms with E-state index in [0.29, 0.717) is 18.7 Å². The topological polar surface area (TPSA) is 60.8 Å². The van der Waals surface area contributed by atoms with Crippen LogP contribution in [0, 0.1) is 0 Å². The summed E-state index contributed by atoms with van der Waals surface area (Å²) in [5, 5.41) is 19.4. The zero-order valence-corrected chi connectivity index (χ0v) is 15.0. The first-order chi connectivity index (χ1) is 10.7. The highest BCUT2D eigenvalue weighted by Crippen LogP contribution is 2.26. The number of rotatable bonds is 4. The third kappa shape index (κ3) is 4.96. The zero-order chi connectivity index (χ0) is 17.1. The van der Waals surface area contributed by atoms with Gasteiger partial charge in [-0.3, -0.25) is 4.79 Å². The van der Waals surface area contributed by atoms with E-state index in [1.165, 1.54) is 17.3 Å². The van der Waals surface area contributed by atoms with Crippen molar-refractivity contribution in [2.75, 3.05) is 25.4 Å². The summed E-state index contributed by atoms with van der Waals surface area (Å²) in [7, 11) is 0. The molecule has 1 aromatic carbocycles. The molecule has 0 radical (unpaired) electrons. The second kappa shape index (κ2) is 7.24. The average molecular weight is 337 g/mol. The van der Waals surface area contributed by atoms with Crippen molar-refractivity contribution in [2.45, 2.75) is 49.5 Å². The van der Waals surface area contributed by atoms with Crippen molar-refractivity contribution in [3.63, 3.8) is 0 Å². The first-order valence-electron chi connectivity index (χ1n) is 8.08. The lowest BCUT2D eigenvalue weighted by Gasteiger charge is -2.38. The minimum absolute atomic E-state index is 0.0153. The lowest BCUT2D eigenvalue weighted by Crippen LogP contribution is -2.52. The second-order valence-electron chi connectivity index (χ2n) is 7.36. The van der Waals surface area contributed by atoms with E-state index in [1.807, 2.05) is 0 Å². The molecule has 1 aromatic rings. The van der Waals surface area contributed by atoms with Crippen molar-refractivity contribution in [2.24, 2.45) is 0 Å². The molecule has 1 fully saturated rings. The number of aliphatic hydroxyl groups excluding tert-OH is 1. The zero-order valence-electron chi connectivity index (χ0n) is 14.2. The molecule has 0 saturated carbocycles. The Hall–Kier alpha value is -1.04. The Balaban J connectivity index is 1.89. The van der Waals surface area contributed by atoms with Crippen LogP contribution in [0.25, 0.3) is 0 Å². The van der Waals surface area contributed by atoms with E-state index in [-0.39, 0.29) is 24.5 Å². The van der Waals surface area contributed by atoms with E-state index >= 15 is 0 Å². The largest absolute Gasteiger partial charge is 0.393 e. The predicted molar refractivity (Wildman–Crippen MR) is 93.7 cm³/mol. The van der Waals surface area contributed by atoms with Gasteiger partial charge in [0.1, 0.15) is 5.60 Å². The van der Waals surface area contributed by atoms with Gasteiger partial charge in [-0.25, -0.2) is 0 Å². The summed E-state index contributed by atoms with van der Waals surface area (Å²) in [5.74, 6) is 0.373. The molecule has 1 amide bonds. The summed E-state index contributed by atoms with van der Waals surface area (Å²) in [6.45, 7) is 7.13. The fourth-order valence-corrected chi connectivity index (χ4v) is 3.54. The number of nitrogens with zero attached hydrogens (tertiary/aromatic N) is 1. The fourth-order valence-electron chi connectivity index (χ4n) is 2.74. The Morgan fingerprint density at radius 2 is 1.96 bits per heavy atom. The van der Waals surface area contributed by atoms with E-state index in [9.17, 15) is 15.0 Å². The minimum atomic E-state index is -1.13. The van der Waals surface area contributed by atoms with Crippen LogP contribution in [0.4, 0.5) is 0 Å². The molecule has 2 rings (SSSR count). The van der Waals surface area contributed by atoms with E-state index < -0.39 is 5.60 Å². The lowest BCUT2D eigenvalue weighted by molar-refractivity contribution is -0.137. The fraction of sp³-hybridized carbons (Fsp3) is 0.611. The molecule has 1 aliphatic rings. The SMILES string of the molecule is CC(C)(C)c1ccc(SCC(=O)N2CCCC(O)(CO)C2)cc1. The minimum Gasteiger partial charge on any atom is -0.393 e. The summed E-state index contributed by atoms with van der Waals surface area (Å²) in [6.07, 6.45) is 1.28. The summed E-state index contributed by atoms with van der Waals surface area (Å²) >= 11 is 1.51. The summed E-state index contributed by atoms with van der Waals surface area (Å²) in [6, 6.07) is 8.33. The molecule has 5 heteroatoms. The van der Waals surface area contributed by atoms with Crippen molar-refractivity contribution in [3.05, 3.63) is 29.8 Å². The molecular weight excluding hydrogens is 310 g/mol. The third-order valence-corrected chi connectivity index (χ3v) is 5.28. The van der Waals surface area contributed by atoms with E-state index in [2.05, 4.69) is 45.0 Å². The van der Waals surface area contributed by atoms with Gasteiger partial charge < -0.3 is 15.1 Å². The van der Waals surface area contributed by atoms with Crippen LogP contribution in [0.15, 0.2) is 29.2 Å². The van der Waals surface area contributed by atoms with Gasteiger partial charge in [0.2, 0.25) is 5.91 Å². The molecule has 0 aliphatic carbocycles. The van der Waals surface area contributed by atoms with E-state index in [1.54, 1.807) is 4.90 Å². The molecular formula is C18H27NO3S. The molecule has 2 N–H and O–H groups in total. The molecule has 1 saturated heterocycles. The third-order valence-electron chi connectivity index (χ3n) is 4.29. The van der Waals surface area contributed by atoms with Crippen molar-refractivity contribution >= 4 is 17.7 Å². The van der Waals surface area contributed by atoms with Crippen LogP contribution >= 0.6 is 11.8 Å². The standard InChI is InChI=1S/C18H27NO3S/c1-17(2,3)14-5-7-15(8-6-14)23-11-16(21)19-10-4-9-18(22,12-19)13-20/h5-8,20,22H,4,9-13H2,1-3H3. The van der Waals surface area contributed by atoms with Gasteiger partial charge in [0.25, 0.3) is 0 Å². The second-order valence-corrected chi connectivity index (χ2v) is 8.41. The van der Waals surface area contributed by atoms with Crippen LogP contribution < -0.4 is 0 Å². The van der Waals surface area contributed by atoms with Crippen LogP contribution in [0.2, 0.25) is 0 Å². The molecule has 4 nitrogen and oxygen atoms in total. The maximum Gasteiger partial charge on any atom is 0.233 e. The number of benzene rings is 1. The highest BCUT2D eigenvalue weighted by Gasteiger charge is 2.34. The molecule has 128 valence electrons. The van der Waals surface area contributed by atoms with Crippen LogP contribution in [0.1, 0.15) is 39.2 Å². The number of hydrogen-bond acceptors (Lipinski definition) is 4. The number of thioether (sulfide) groups is 1. The Morgan fingerprint density at radius 3 is 2.52 bits per heavy atom. The van der Waals surface area contributed by atoms with Crippen molar-refractivity contribution < 1.29 is 15.0 Å². The number of amides is 1.